The maximum absolute atomic E-state index is 12.7. The number of nitrogens with two attached hydrogens (primary N) is 1. The van der Waals surface area contributed by atoms with Crippen LogP contribution in [-0.2, 0) is 25.6 Å². The molecule has 168 valence electrons. The summed E-state index contributed by atoms with van der Waals surface area (Å²) < 4.78 is 0. The first-order valence-electron chi connectivity index (χ1n) is 9.39. The summed E-state index contributed by atoms with van der Waals surface area (Å²) in [6.45, 7) is -2.00. The minimum absolute atomic E-state index is 0.0652. The number of aromatic nitrogens is 1. The first-order valence-corrected chi connectivity index (χ1v) is 9.39. The van der Waals surface area contributed by atoms with Crippen molar-refractivity contribution in [2.75, 3.05) is 19.8 Å². The van der Waals surface area contributed by atoms with E-state index < -0.39 is 61.6 Å². The van der Waals surface area contributed by atoms with E-state index in [0.717, 1.165) is 16.5 Å². The second kappa shape index (κ2) is 11.1. The van der Waals surface area contributed by atoms with Crippen LogP contribution < -0.4 is 21.7 Å². The monoisotopic (exact) mass is 435 g/mol. The van der Waals surface area contributed by atoms with Crippen LogP contribution in [0.3, 0.4) is 0 Å². The molecule has 12 heteroatoms. The summed E-state index contributed by atoms with van der Waals surface area (Å²) in [4.78, 5) is 50.6. The molecule has 3 unspecified atom stereocenters. The van der Waals surface area contributed by atoms with Gasteiger partial charge < -0.3 is 42.0 Å². The molecule has 0 saturated carbocycles. The number of hydrogen-bond acceptors (Lipinski definition) is 7. The molecule has 2 rings (SSSR count). The minimum Gasteiger partial charge on any atom is -0.480 e. The van der Waals surface area contributed by atoms with Gasteiger partial charge in [0.05, 0.1) is 19.8 Å². The van der Waals surface area contributed by atoms with Gasteiger partial charge in [0.2, 0.25) is 17.7 Å². The van der Waals surface area contributed by atoms with Crippen LogP contribution in [0, 0.1) is 0 Å². The third-order valence-electron chi connectivity index (χ3n) is 4.50. The van der Waals surface area contributed by atoms with E-state index in [1.807, 2.05) is 29.6 Å². The van der Waals surface area contributed by atoms with Crippen LogP contribution in [0.5, 0.6) is 0 Å². The highest BCUT2D eigenvalue weighted by Crippen LogP contribution is 2.19. The average molecular weight is 435 g/mol. The average Bonchev–Trinajstić information content (AvgIpc) is 3.17. The first kappa shape index (κ1) is 23.8. The van der Waals surface area contributed by atoms with Gasteiger partial charge in [-0.2, -0.15) is 0 Å². The lowest BCUT2D eigenvalue weighted by Gasteiger charge is -2.20. The van der Waals surface area contributed by atoms with Gasteiger partial charge in [0.15, 0.2) is 0 Å². The van der Waals surface area contributed by atoms with Gasteiger partial charge in [0, 0.05) is 23.5 Å². The topological polar surface area (TPSA) is 207 Å². The molecule has 0 radical (unpaired) electrons. The minimum atomic E-state index is -1.51. The second-order valence-electron chi connectivity index (χ2n) is 6.77. The number of carboxylic acids is 1. The Morgan fingerprint density at radius 1 is 1.00 bits per heavy atom. The van der Waals surface area contributed by atoms with Crippen molar-refractivity contribution in [3.05, 3.63) is 36.0 Å². The van der Waals surface area contributed by atoms with E-state index in [1.165, 1.54) is 0 Å². The summed E-state index contributed by atoms with van der Waals surface area (Å²) in [6, 6.07) is 3.48. The van der Waals surface area contributed by atoms with Gasteiger partial charge in [0.1, 0.15) is 18.1 Å². The van der Waals surface area contributed by atoms with Crippen LogP contribution in [0.1, 0.15) is 5.56 Å². The summed E-state index contributed by atoms with van der Waals surface area (Å²) in [6.07, 6.45) is 1.75. The molecule has 0 aliphatic carbocycles. The number of fused-ring (bicyclic) bond motifs is 1. The van der Waals surface area contributed by atoms with Gasteiger partial charge in [-0.1, -0.05) is 18.2 Å². The SMILES string of the molecule is NC(CO)C(=O)NC(Cc1c[nH]c2ccccc12)C(=O)NCC(=O)NC(CO)C(=O)O. The van der Waals surface area contributed by atoms with Crippen LogP contribution >= 0.6 is 0 Å². The number of nitrogens with one attached hydrogen (secondary N) is 4. The number of H-pyrrole nitrogens is 1. The highest BCUT2D eigenvalue weighted by atomic mass is 16.4. The Balaban J connectivity index is 2.10. The Morgan fingerprint density at radius 3 is 2.35 bits per heavy atom. The molecular formula is C19H25N5O7. The molecule has 31 heavy (non-hydrogen) atoms. The number of rotatable bonds is 11. The molecule has 9 N–H and O–H groups in total. The normalized spacial score (nSPS) is 13.8. The number of benzene rings is 1. The zero-order valence-electron chi connectivity index (χ0n) is 16.5. The molecule has 0 bridgehead atoms. The first-order chi connectivity index (χ1) is 14.8. The Morgan fingerprint density at radius 2 is 1.71 bits per heavy atom. The van der Waals surface area contributed by atoms with Crippen molar-refractivity contribution in [1.82, 2.24) is 20.9 Å². The third-order valence-corrected chi connectivity index (χ3v) is 4.50. The van der Waals surface area contributed by atoms with Crippen molar-refractivity contribution < 1.29 is 34.5 Å². The van der Waals surface area contributed by atoms with E-state index in [2.05, 4.69) is 15.6 Å². The van der Waals surface area contributed by atoms with E-state index in [1.54, 1.807) is 6.20 Å². The van der Waals surface area contributed by atoms with E-state index in [9.17, 15) is 19.2 Å². The van der Waals surface area contributed by atoms with Crippen molar-refractivity contribution in [2.45, 2.75) is 24.5 Å². The molecule has 0 fully saturated rings. The van der Waals surface area contributed by atoms with E-state index in [-0.39, 0.29) is 6.42 Å². The maximum Gasteiger partial charge on any atom is 0.328 e. The molecular weight excluding hydrogens is 410 g/mol. The predicted molar refractivity (Wildman–Crippen MR) is 109 cm³/mol. The Hall–Kier alpha value is -3.48. The zero-order valence-corrected chi connectivity index (χ0v) is 16.5. The number of hydrogen-bond donors (Lipinski definition) is 8. The Labute approximate surface area is 176 Å². The zero-order chi connectivity index (χ0) is 23.0. The molecule has 0 aliphatic rings. The lowest BCUT2D eigenvalue weighted by molar-refractivity contribution is -0.142. The molecule has 3 atom stereocenters. The molecule has 12 nitrogen and oxygen atoms in total. The molecule has 0 saturated heterocycles. The third kappa shape index (κ3) is 6.50. The van der Waals surface area contributed by atoms with Crippen molar-refractivity contribution in [3.63, 3.8) is 0 Å². The highest BCUT2D eigenvalue weighted by molar-refractivity contribution is 5.93. The van der Waals surface area contributed by atoms with Crippen LogP contribution in [0.15, 0.2) is 30.5 Å². The fraction of sp³-hybridized carbons (Fsp3) is 0.368. The number of para-hydroxylation sites is 1. The Kier molecular flexibility index (Phi) is 8.49. The fourth-order valence-corrected chi connectivity index (χ4v) is 2.81. The van der Waals surface area contributed by atoms with Crippen molar-refractivity contribution in [2.24, 2.45) is 5.73 Å². The van der Waals surface area contributed by atoms with Gasteiger partial charge >= 0.3 is 5.97 Å². The molecule has 3 amide bonds. The number of aliphatic carboxylic acids is 1. The molecule has 2 aromatic rings. The Bertz CT molecular complexity index is 945. The summed E-state index contributed by atoms with van der Waals surface area (Å²) in [5.74, 6) is -3.73. The highest BCUT2D eigenvalue weighted by Gasteiger charge is 2.26. The molecule has 1 aromatic heterocycles. The quantitative estimate of drug-likeness (QED) is 0.184. The summed E-state index contributed by atoms with van der Waals surface area (Å²) in [7, 11) is 0. The largest absolute Gasteiger partial charge is 0.480 e. The predicted octanol–water partition coefficient (Wildman–Crippen LogP) is -2.81. The smallest absolute Gasteiger partial charge is 0.328 e. The summed E-state index contributed by atoms with van der Waals surface area (Å²) in [5.41, 5.74) is 7.06. The van der Waals surface area contributed by atoms with Gasteiger partial charge in [-0.15, -0.1) is 0 Å². The van der Waals surface area contributed by atoms with Crippen LogP contribution in [0.4, 0.5) is 0 Å². The standard InChI is InChI=1S/C19H25N5O7/c20-12(8-25)17(28)24-14(5-10-6-21-13-4-2-1-3-11(10)13)18(29)22-7-16(27)23-15(9-26)19(30)31/h1-4,6,12,14-15,21,25-26H,5,7-9,20H2,(H,22,29)(H,23,27)(H,24,28)(H,30,31). The maximum atomic E-state index is 12.7. The molecule has 1 aromatic carbocycles. The van der Waals surface area contributed by atoms with Crippen molar-refractivity contribution >= 4 is 34.6 Å². The van der Waals surface area contributed by atoms with Gasteiger partial charge in [-0.3, -0.25) is 14.4 Å². The number of carbonyl (C=O) groups excluding carboxylic acids is 3. The second-order valence-corrected chi connectivity index (χ2v) is 6.77. The van der Waals surface area contributed by atoms with Gasteiger partial charge in [0.25, 0.3) is 0 Å². The van der Waals surface area contributed by atoms with Crippen molar-refractivity contribution in [1.29, 1.82) is 0 Å². The number of aliphatic hydroxyl groups excluding tert-OH is 2. The lowest BCUT2D eigenvalue weighted by Crippen LogP contribution is -2.55. The fourth-order valence-electron chi connectivity index (χ4n) is 2.81. The number of aromatic amines is 1. The van der Waals surface area contributed by atoms with Gasteiger partial charge in [-0.25, -0.2) is 4.79 Å². The van der Waals surface area contributed by atoms with Gasteiger partial charge in [-0.05, 0) is 11.6 Å². The lowest BCUT2D eigenvalue weighted by atomic mass is 10.0. The van der Waals surface area contributed by atoms with E-state index in [0.29, 0.717) is 0 Å². The van der Waals surface area contributed by atoms with Crippen LogP contribution in [-0.4, -0.2) is 81.9 Å². The molecule has 1 heterocycles. The number of carbonyl (C=O) groups is 4. The summed E-state index contributed by atoms with van der Waals surface area (Å²) >= 11 is 0. The number of amides is 3. The number of aliphatic hydroxyl groups is 2. The molecule has 0 aliphatic heterocycles. The number of carboxylic acid groups (broad SMARTS) is 1. The van der Waals surface area contributed by atoms with E-state index >= 15 is 0 Å². The van der Waals surface area contributed by atoms with Crippen molar-refractivity contribution in [3.8, 4) is 0 Å². The van der Waals surface area contributed by atoms with Crippen LogP contribution in [0.2, 0.25) is 0 Å². The van der Waals surface area contributed by atoms with E-state index in [4.69, 9.17) is 21.1 Å². The van der Waals surface area contributed by atoms with Crippen LogP contribution in [0.25, 0.3) is 10.9 Å². The molecule has 0 spiro atoms. The summed E-state index contributed by atoms with van der Waals surface area (Å²) in [5, 5.41) is 34.5.